The fraction of sp³-hybridized carbons (Fsp3) is 0.0909. The Hall–Kier alpha value is -1.87. The van der Waals surface area contributed by atoms with Gasteiger partial charge in [0.15, 0.2) is 11.6 Å². The smallest absolute Gasteiger partial charge is 0.190 e. The number of anilines is 3. The first-order chi connectivity index (χ1) is 7.86. The molecule has 0 heterocycles. The lowest BCUT2D eigenvalue weighted by Crippen LogP contribution is -2.26. The Morgan fingerprint density at radius 3 is 2.18 bits per heavy atom. The minimum absolute atomic E-state index is 0.0748. The van der Waals surface area contributed by atoms with Crippen molar-refractivity contribution < 1.29 is 9.59 Å². The van der Waals surface area contributed by atoms with Crippen molar-refractivity contribution >= 4 is 43.2 Å². The van der Waals surface area contributed by atoms with Gasteiger partial charge >= 0.3 is 0 Å². The number of nitrogen functional groups attached to an aromatic ring is 3. The molecule has 0 bridgehead atoms. The molecule has 0 amide bonds. The minimum atomic E-state index is -0.315. The summed E-state index contributed by atoms with van der Waals surface area (Å²) in [5, 5.41) is 0.428. The number of ketones is 2. The molecule has 6 heteroatoms. The highest BCUT2D eigenvalue weighted by molar-refractivity contribution is 7.28. The lowest BCUT2D eigenvalue weighted by Gasteiger charge is -2.20. The molecule has 1 aromatic carbocycles. The van der Waals surface area contributed by atoms with E-state index < -0.39 is 0 Å². The Morgan fingerprint density at radius 1 is 1.00 bits per heavy atom. The van der Waals surface area contributed by atoms with Crippen LogP contribution in [-0.4, -0.2) is 11.6 Å². The third-order valence-corrected chi connectivity index (χ3v) is 3.44. The molecule has 0 aliphatic heterocycles. The number of allylic oxidation sites excluding steroid dienone is 2. The summed E-state index contributed by atoms with van der Waals surface area (Å²) in [5.41, 5.74) is 18.4. The van der Waals surface area contributed by atoms with Crippen LogP contribution in [0.2, 0.25) is 0 Å². The van der Waals surface area contributed by atoms with E-state index in [1.807, 2.05) is 0 Å². The second-order valence-corrected chi connectivity index (χ2v) is 4.50. The zero-order valence-corrected chi connectivity index (χ0v) is 10.4. The van der Waals surface area contributed by atoms with Crippen LogP contribution in [-0.2, 0) is 0 Å². The van der Waals surface area contributed by atoms with Crippen molar-refractivity contribution in [2.45, 2.75) is 6.92 Å². The summed E-state index contributed by atoms with van der Waals surface area (Å²) in [6.07, 6.45) is 1.26. The molecule has 88 valence electrons. The lowest BCUT2D eigenvalue weighted by molar-refractivity contribution is 0.0986. The molecule has 1 aliphatic rings. The first kappa shape index (κ1) is 11.6. The topological polar surface area (TPSA) is 112 Å². The van der Waals surface area contributed by atoms with Crippen molar-refractivity contribution in [1.29, 1.82) is 0 Å². The predicted octanol–water partition coefficient (Wildman–Crippen LogP) is 0.259. The maximum atomic E-state index is 12.0. The van der Waals surface area contributed by atoms with E-state index in [0.717, 1.165) is 0 Å². The van der Waals surface area contributed by atoms with Crippen molar-refractivity contribution in [2.75, 3.05) is 17.2 Å². The number of benzene rings is 1. The zero-order valence-electron chi connectivity index (χ0n) is 9.20. The highest BCUT2D eigenvalue weighted by atomic mass is 31.0. The van der Waals surface area contributed by atoms with Gasteiger partial charge in [-0.2, -0.15) is 0 Å². The molecule has 1 aliphatic carbocycles. The third kappa shape index (κ3) is 1.43. The second-order valence-electron chi connectivity index (χ2n) is 3.93. The van der Waals surface area contributed by atoms with Gasteiger partial charge in [0.05, 0.1) is 22.6 Å². The van der Waals surface area contributed by atoms with Gasteiger partial charge in [-0.15, -0.1) is 9.24 Å². The standard InChI is InChI=1S/C11H12N3O2P/c1-3-2-4(15)5-6(10(3)16)11(17)9(14)8(13)7(5)12/h2H,12-14,17H2,1H3. The minimum Gasteiger partial charge on any atom is -0.396 e. The van der Waals surface area contributed by atoms with Gasteiger partial charge in [0.2, 0.25) is 0 Å². The van der Waals surface area contributed by atoms with Crippen LogP contribution in [0.4, 0.5) is 17.1 Å². The van der Waals surface area contributed by atoms with Gasteiger partial charge in [0.1, 0.15) is 0 Å². The first-order valence-electron chi connectivity index (χ1n) is 4.89. The van der Waals surface area contributed by atoms with Crippen molar-refractivity contribution in [3.05, 3.63) is 22.8 Å². The molecule has 1 unspecified atom stereocenters. The van der Waals surface area contributed by atoms with Crippen molar-refractivity contribution in [1.82, 2.24) is 0 Å². The molecule has 6 N–H and O–H groups in total. The van der Waals surface area contributed by atoms with E-state index in [1.54, 1.807) is 6.92 Å². The summed E-state index contributed by atoms with van der Waals surface area (Å²) in [6, 6.07) is 0. The summed E-state index contributed by atoms with van der Waals surface area (Å²) in [4.78, 5) is 23.9. The van der Waals surface area contributed by atoms with E-state index in [2.05, 4.69) is 9.24 Å². The summed E-state index contributed by atoms with van der Waals surface area (Å²) < 4.78 is 0. The Balaban J connectivity index is 2.93. The monoisotopic (exact) mass is 249 g/mol. The molecule has 17 heavy (non-hydrogen) atoms. The number of nitrogens with two attached hydrogens (primary N) is 3. The number of Topliss-reactive ketones (excluding diaryl/α,β-unsaturated/α-hetero) is 1. The van der Waals surface area contributed by atoms with Gasteiger partial charge in [-0.3, -0.25) is 9.59 Å². The van der Waals surface area contributed by atoms with Gasteiger partial charge in [-0.05, 0) is 13.0 Å². The average Bonchev–Trinajstić information content (AvgIpc) is 2.28. The number of fused-ring (bicyclic) bond motifs is 1. The van der Waals surface area contributed by atoms with E-state index in [9.17, 15) is 9.59 Å². The SMILES string of the molecule is CC1=CC(=O)c2c(N)c(N)c(N)c(P)c2C1=O. The van der Waals surface area contributed by atoms with Gasteiger partial charge in [0.25, 0.3) is 0 Å². The Bertz CT molecular complexity index is 605. The fourth-order valence-electron chi connectivity index (χ4n) is 1.85. The number of hydrogen-bond donors (Lipinski definition) is 3. The predicted molar refractivity (Wildman–Crippen MR) is 71.4 cm³/mol. The van der Waals surface area contributed by atoms with E-state index in [4.69, 9.17) is 17.2 Å². The van der Waals surface area contributed by atoms with Crippen LogP contribution in [0.15, 0.2) is 11.6 Å². The van der Waals surface area contributed by atoms with Gasteiger partial charge in [-0.1, -0.05) is 0 Å². The van der Waals surface area contributed by atoms with E-state index in [-0.39, 0.29) is 39.8 Å². The van der Waals surface area contributed by atoms with Crippen LogP contribution < -0.4 is 22.5 Å². The fourth-order valence-corrected chi connectivity index (χ4v) is 2.28. The summed E-state index contributed by atoms with van der Waals surface area (Å²) in [7, 11) is 2.34. The van der Waals surface area contributed by atoms with E-state index >= 15 is 0 Å². The normalized spacial score (nSPS) is 14.6. The molecule has 0 saturated carbocycles. The number of hydrogen-bond acceptors (Lipinski definition) is 5. The average molecular weight is 249 g/mol. The number of carbonyl (C=O) groups is 2. The number of carbonyl (C=O) groups excluding carboxylic acids is 2. The Labute approximate surface area is 100 Å². The van der Waals surface area contributed by atoms with Crippen molar-refractivity contribution in [3.8, 4) is 0 Å². The molecule has 1 atom stereocenters. The largest absolute Gasteiger partial charge is 0.396 e. The molecular formula is C11H12N3O2P. The zero-order chi connectivity index (χ0) is 12.9. The molecule has 0 aromatic heterocycles. The second kappa shape index (κ2) is 3.57. The highest BCUT2D eigenvalue weighted by Gasteiger charge is 2.30. The first-order valence-corrected chi connectivity index (χ1v) is 5.47. The molecule has 0 saturated heterocycles. The van der Waals surface area contributed by atoms with Crippen LogP contribution in [0.3, 0.4) is 0 Å². The van der Waals surface area contributed by atoms with Crippen LogP contribution in [0, 0.1) is 0 Å². The van der Waals surface area contributed by atoms with Gasteiger partial charge in [-0.25, -0.2) is 0 Å². The maximum Gasteiger partial charge on any atom is 0.190 e. The van der Waals surface area contributed by atoms with Gasteiger partial charge in [0, 0.05) is 16.4 Å². The third-order valence-electron chi connectivity index (χ3n) is 2.84. The van der Waals surface area contributed by atoms with E-state index in [0.29, 0.717) is 10.9 Å². The maximum absolute atomic E-state index is 12.0. The van der Waals surface area contributed by atoms with Crippen molar-refractivity contribution in [3.63, 3.8) is 0 Å². The van der Waals surface area contributed by atoms with Crippen molar-refractivity contribution in [2.24, 2.45) is 0 Å². The molecule has 5 nitrogen and oxygen atoms in total. The quantitative estimate of drug-likeness (QED) is 0.451. The van der Waals surface area contributed by atoms with Crippen LogP contribution >= 0.6 is 9.24 Å². The summed E-state index contributed by atoms with van der Waals surface area (Å²) >= 11 is 0. The lowest BCUT2D eigenvalue weighted by atomic mass is 9.88. The van der Waals surface area contributed by atoms with Crippen LogP contribution in [0.25, 0.3) is 0 Å². The molecule has 2 rings (SSSR count). The Morgan fingerprint density at radius 2 is 1.59 bits per heavy atom. The Kier molecular flexibility index (Phi) is 2.44. The van der Waals surface area contributed by atoms with Crippen LogP contribution in [0.5, 0.6) is 0 Å². The summed E-state index contributed by atoms with van der Waals surface area (Å²) in [6.45, 7) is 1.58. The molecule has 1 aromatic rings. The van der Waals surface area contributed by atoms with Crippen LogP contribution in [0.1, 0.15) is 27.6 Å². The molecular weight excluding hydrogens is 237 g/mol. The van der Waals surface area contributed by atoms with Gasteiger partial charge < -0.3 is 17.2 Å². The molecule has 0 radical (unpaired) electrons. The van der Waals surface area contributed by atoms with E-state index in [1.165, 1.54) is 6.08 Å². The molecule has 0 fully saturated rings. The summed E-state index contributed by atoms with van der Waals surface area (Å²) in [5.74, 6) is -0.562. The highest BCUT2D eigenvalue weighted by Crippen LogP contribution is 2.34. The number of rotatable bonds is 0. The molecule has 0 spiro atoms.